The summed E-state index contributed by atoms with van der Waals surface area (Å²) in [5.74, 6) is 2.92. The average Bonchev–Trinajstić information content (AvgIpc) is 3.38. The van der Waals surface area contributed by atoms with Gasteiger partial charge in [-0.3, -0.25) is 0 Å². The van der Waals surface area contributed by atoms with Crippen LogP contribution in [0.3, 0.4) is 0 Å². The number of benzene rings is 3. The lowest BCUT2D eigenvalue weighted by Crippen LogP contribution is -2.28. The minimum atomic E-state index is -0.0894. The van der Waals surface area contributed by atoms with Gasteiger partial charge in [-0.25, -0.2) is 0 Å². The lowest BCUT2D eigenvalue weighted by atomic mass is 10.1. The fourth-order valence-electron chi connectivity index (χ4n) is 4.11. The molecule has 3 aromatic carbocycles. The maximum atomic E-state index is 6.16. The van der Waals surface area contributed by atoms with E-state index in [4.69, 9.17) is 18.9 Å². The van der Waals surface area contributed by atoms with Crippen LogP contribution in [0.1, 0.15) is 0 Å². The SMILES string of the molecule is C=C1OC(COc2cccc3c2[nH]c2ccccc23)CN1CCOc1ccccc1OC. The van der Waals surface area contributed by atoms with Gasteiger partial charge in [0.25, 0.3) is 0 Å². The molecular formula is C26H26N2O4. The molecule has 0 bridgehead atoms. The van der Waals surface area contributed by atoms with Crippen LogP contribution in [0.2, 0.25) is 0 Å². The van der Waals surface area contributed by atoms with Gasteiger partial charge in [-0.1, -0.05) is 42.5 Å². The van der Waals surface area contributed by atoms with Crippen molar-refractivity contribution < 1.29 is 18.9 Å². The van der Waals surface area contributed by atoms with Crippen molar-refractivity contribution in [3.63, 3.8) is 0 Å². The third kappa shape index (κ3) is 3.91. The zero-order chi connectivity index (χ0) is 21.9. The number of ether oxygens (including phenoxy) is 4. The van der Waals surface area contributed by atoms with Crippen LogP contribution in [0.25, 0.3) is 21.8 Å². The molecule has 1 fully saturated rings. The largest absolute Gasteiger partial charge is 0.493 e. The third-order valence-electron chi connectivity index (χ3n) is 5.70. The van der Waals surface area contributed by atoms with E-state index in [1.807, 2.05) is 48.5 Å². The first kappa shape index (κ1) is 20.1. The Balaban J connectivity index is 1.18. The first-order chi connectivity index (χ1) is 15.7. The molecule has 0 spiro atoms. The normalized spacial score (nSPS) is 15.8. The molecule has 1 saturated heterocycles. The highest BCUT2D eigenvalue weighted by Gasteiger charge is 2.27. The standard InChI is InChI=1S/C26H26N2O4/c1-18-28(14-15-30-24-12-6-5-11-23(24)29-2)16-19(32-18)17-31-25-13-7-9-21-20-8-3-4-10-22(20)27-26(21)25/h3-13,19,27H,1,14-17H2,2H3. The molecule has 0 aliphatic carbocycles. The topological polar surface area (TPSA) is 56.0 Å². The van der Waals surface area contributed by atoms with Gasteiger partial charge in [0.05, 0.1) is 25.7 Å². The van der Waals surface area contributed by atoms with Gasteiger partial charge in [-0.2, -0.15) is 0 Å². The maximum Gasteiger partial charge on any atom is 0.182 e. The van der Waals surface area contributed by atoms with Crippen LogP contribution in [0.4, 0.5) is 0 Å². The van der Waals surface area contributed by atoms with Gasteiger partial charge >= 0.3 is 0 Å². The summed E-state index contributed by atoms with van der Waals surface area (Å²) in [5.41, 5.74) is 2.11. The molecule has 0 amide bonds. The number of nitrogens with zero attached hydrogens (tertiary/aromatic N) is 1. The van der Waals surface area contributed by atoms with Crippen LogP contribution < -0.4 is 14.2 Å². The number of rotatable bonds is 8. The first-order valence-corrected chi connectivity index (χ1v) is 10.7. The van der Waals surface area contributed by atoms with Gasteiger partial charge < -0.3 is 28.8 Å². The molecule has 1 N–H and O–H groups in total. The number of fused-ring (bicyclic) bond motifs is 3. The number of methoxy groups -OCH3 is 1. The number of hydrogen-bond acceptors (Lipinski definition) is 5. The number of para-hydroxylation sites is 4. The van der Waals surface area contributed by atoms with Crippen molar-refractivity contribution >= 4 is 21.8 Å². The molecule has 0 radical (unpaired) electrons. The zero-order valence-electron chi connectivity index (χ0n) is 18.0. The van der Waals surface area contributed by atoms with Gasteiger partial charge in [-0.05, 0) is 30.8 Å². The van der Waals surface area contributed by atoms with Crippen molar-refractivity contribution in [3.05, 3.63) is 79.2 Å². The monoisotopic (exact) mass is 430 g/mol. The van der Waals surface area contributed by atoms with E-state index in [9.17, 15) is 0 Å². The molecular weight excluding hydrogens is 404 g/mol. The van der Waals surface area contributed by atoms with Crippen molar-refractivity contribution in [1.29, 1.82) is 0 Å². The first-order valence-electron chi connectivity index (χ1n) is 10.7. The molecule has 164 valence electrons. The van der Waals surface area contributed by atoms with Gasteiger partial charge in [0, 0.05) is 16.3 Å². The highest BCUT2D eigenvalue weighted by molar-refractivity contribution is 6.09. The Labute approximate surface area is 186 Å². The van der Waals surface area contributed by atoms with E-state index in [1.165, 1.54) is 5.39 Å². The average molecular weight is 431 g/mol. The Bertz CT molecular complexity index is 1250. The third-order valence-corrected chi connectivity index (χ3v) is 5.70. The fourth-order valence-corrected chi connectivity index (χ4v) is 4.11. The van der Waals surface area contributed by atoms with E-state index in [0.717, 1.165) is 33.7 Å². The molecule has 6 heteroatoms. The predicted molar refractivity (Wildman–Crippen MR) is 125 cm³/mol. The Kier molecular flexibility index (Phi) is 5.50. The predicted octanol–water partition coefficient (Wildman–Crippen LogP) is 4.96. The summed E-state index contributed by atoms with van der Waals surface area (Å²) in [6, 6.07) is 22.0. The molecule has 1 unspecified atom stereocenters. The summed E-state index contributed by atoms with van der Waals surface area (Å²) in [4.78, 5) is 5.55. The van der Waals surface area contributed by atoms with Crippen LogP contribution in [0, 0.1) is 0 Å². The summed E-state index contributed by atoms with van der Waals surface area (Å²) in [5, 5.41) is 2.35. The van der Waals surface area contributed by atoms with Gasteiger partial charge in [0.1, 0.15) is 19.0 Å². The molecule has 4 aromatic rings. The zero-order valence-corrected chi connectivity index (χ0v) is 18.0. The van der Waals surface area contributed by atoms with E-state index in [1.54, 1.807) is 7.11 Å². The van der Waals surface area contributed by atoms with Gasteiger partial charge in [0.15, 0.2) is 23.5 Å². The van der Waals surface area contributed by atoms with Crippen molar-refractivity contribution in [3.8, 4) is 17.2 Å². The van der Waals surface area contributed by atoms with E-state index in [2.05, 4.69) is 34.7 Å². The molecule has 1 aliphatic heterocycles. The van der Waals surface area contributed by atoms with Gasteiger partial charge in [0.2, 0.25) is 0 Å². The molecule has 1 atom stereocenters. The second-order valence-corrected chi connectivity index (χ2v) is 7.74. The number of hydrogen-bond donors (Lipinski definition) is 1. The number of nitrogens with one attached hydrogen (secondary N) is 1. The molecule has 6 nitrogen and oxygen atoms in total. The van der Waals surface area contributed by atoms with E-state index in [0.29, 0.717) is 32.2 Å². The van der Waals surface area contributed by atoms with Crippen molar-refractivity contribution in [2.75, 3.05) is 33.4 Å². The minimum absolute atomic E-state index is 0.0894. The van der Waals surface area contributed by atoms with Crippen LogP contribution in [0.5, 0.6) is 17.2 Å². The van der Waals surface area contributed by atoms with E-state index < -0.39 is 0 Å². The highest BCUT2D eigenvalue weighted by atomic mass is 16.6. The quantitative estimate of drug-likeness (QED) is 0.428. The summed E-state index contributed by atoms with van der Waals surface area (Å²) < 4.78 is 23.3. The highest BCUT2D eigenvalue weighted by Crippen LogP contribution is 2.32. The smallest absolute Gasteiger partial charge is 0.182 e. The number of aromatic nitrogens is 1. The summed E-state index contributed by atoms with van der Waals surface area (Å²) in [6.07, 6.45) is -0.0894. The van der Waals surface area contributed by atoms with Crippen molar-refractivity contribution in [1.82, 2.24) is 9.88 Å². The number of aromatic amines is 1. The molecule has 2 heterocycles. The molecule has 5 rings (SSSR count). The summed E-state index contributed by atoms with van der Waals surface area (Å²) >= 11 is 0. The van der Waals surface area contributed by atoms with E-state index in [-0.39, 0.29) is 6.10 Å². The second-order valence-electron chi connectivity index (χ2n) is 7.74. The Morgan fingerprint density at radius 2 is 1.69 bits per heavy atom. The van der Waals surface area contributed by atoms with Crippen molar-refractivity contribution in [2.45, 2.75) is 6.10 Å². The number of H-pyrrole nitrogens is 1. The second kappa shape index (κ2) is 8.75. The summed E-state index contributed by atoms with van der Waals surface area (Å²) in [7, 11) is 1.64. The lowest BCUT2D eigenvalue weighted by molar-refractivity contribution is 0.108. The molecule has 0 saturated carbocycles. The van der Waals surface area contributed by atoms with Crippen LogP contribution in [-0.2, 0) is 4.74 Å². The van der Waals surface area contributed by atoms with Crippen LogP contribution in [-0.4, -0.2) is 49.4 Å². The van der Waals surface area contributed by atoms with Crippen molar-refractivity contribution in [2.24, 2.45) is 0 Å². The lowest BCUT2D eigenvalue weighted by Gasteiger charge is -2.17. The molecule has 1 aromatic heterocycles. The maximum absolute atomic E-state index is 6.16. The molecule has 32 heavy (non-hydrogen) atoms. The Morgan fingerprint density at radius 3 is 2.56 bits per heavy atom. The van der Waals surface area contributed by atoms with E-state index >= 15 is 0 Å². The summed E-state index contributed by atoms with van der Waals surface area (Å²) in [6.45, 7) is 6.36. The van der Waals surface area contributed by atoms with Crippen LogP contribution >= 0.6 is 0 Å². The minimum Gasteiger partial charge on any atom is -0.493 e. The fraction of sp³-hybridized carbons (Fsp3) is 0.231. The van der Waals surface area contributed by atoms with Gasteiger partial charge in [-0.15, -0.1) is 0 Å². The Morgan fingerprint density at radius 1 is 0.938 bits per heavy atom. The molecule has 1 aliphatic rings. The van der Waals surface area contributed by atoms with Crippen LogP contribution in [0.15, 0.2) is 79.2 Å². The Hall–Kier alpha value is -3.80.